The van der Waals surface area contributed by atoms with Crippen molar-refractivity contribution in [2.24, 2.45) is 5.92 Å². The molecule has 6 heteroatoms. The van der Waals surface area contributed by atoms with E-state index in [2.05, 4.69) is 10.6 Å². The Morgan fingerprint density at radius 2 is 1.87 bits per heavy atom. The lowest BCUT2D eigenvalue weighted by molar-refractivity contribution is -0.120. The van der Waals surface area contributed by atoms with Gasteiger partial charge in [0.1, 0.15) is 0 Å². The van der Waals surface area contributed by atoms with E-state index in [4.69, 9.17) is 10.1 Å². The van der Waals surface area contributed by atoms with E-state index in [0.717, 1.165) is 6.21 Å². The highest BCUT2D eigenvalue weighted by atomic mass is 16.5. The molecule has 0 aliphatic carbocycles. The highest BCUT2D eigenvalue weighted by Crippen LogP contribution is 2.06. The van der Waals surface area contributed by atoms with E-state index in [0.29, 0.717) is 18.8 Å². The molecular weight excluding hydrogens is 294 g/mol. The summed E-state index contributed by atoms with van der Waals surface area (Å²) in [6.45, 7) is 13.5. The highest BCUT2D eigenvalue weighted by molar-refractivity contribution is 6.00. The smallest absolute Gasteiger partial charge is 0.217 e. The number of nitrogens with one attached hydrogen (secondary N) is 3. The molecule has 0 rings (SSSR count). The summed E-state index contributed by atoms with van der Waals surface area (Å²) in [6, 6.07) is 0. The van der Waals surface area contributed by atoms with Crippen molar-refractivity contribution in [3.8, 4) is 0 Å². The third-order valence-electron chi connectivity index (χ3n) is 2.32. The summed E-state index contributed by atoms with van der Waals surface area (Å²) in [7, 11) is 0. The first-order chi connectivity index (χ1) is 10.7. The van der Waals surface area contributed by atoms with E-state index < -0.39 is 5.54 Å². The van der Waals surface area contributed by atoms with Crippen molar-refractivity contribution in [3.05, 3.63) is 23.7 Å². The van der Waals surface area contributed by atoms with Crippen molar-refractivity contribution in [3.63, 3.8) is 0 Å². The lowest BCUT2D eigenvalue weighted by Crippen LogP contribution is -2.40. The standard InChI is InChI=1S/C15H25N3O3.C2H6/c1-11(2)10-21-14(13(8-16)9-19)17-7-6-15(4,5)18-12(3)20;1-2/h6-9,11,16-17H,10H2,1-5H3,(H,18,20);1-2H3/b7-6+,14-13-,16-8?;. The monoisotopic (exact) mass is 325 g/mol. The zero-order valence-corrected chi connectivity index (χ0v) is 15.3. The fourth-order valence-corrected chi connectivity index (χ4v) is 1.43. The van der Waals surface area contributed by atoms with Gasteiger partial charge in [-0.25, -0.2) is 0 Å². The van der Waals surface area contributed by atoms with Gasteiger partial charge in [-0.2, -0.15) is 0 Å². The largest absolute Gasteiger partial charge is 0.478 e. The lowest BCUT2D eigenvalue weighted by atomic mass is 10.1. The molecule has 0 saturated heterocycles. The van der Waals surface area contributed by atoms with Crippen molar-refractivity contribution in [1.29, 1.82) is 5.41 Å². The van der Waals surface area contributed by atoms with Crippen molar-refractivity contribution in [2.45, 2.75) is 54.0 Å². The molecule has 3 N–H and O–H groups in total. The number of hydrogen-bond donors (Lipinski definition) is 3. The van der Waals surface area contributed by atoms with Gasteiger partial charge in [0, 0.05) is 19.3 Å². The molecule has 0 saturated carbocycles. The van der Waals surface area contributed by atoms with Crippen LogP contribution in [0.5, 0.6) is 0 Å². The number of aldehydes is 1. The van der Waals surface area contributed by atoms with Crippen LogP contribution >= 0.6 is 0 Å². The molecule has 0 spiro atoms. The van der Waals surface area contributed by atoms with Gasteiger partial charge in [-0.05, 0) is 25.8 Å². The van der Waals surface area contributed by atoms with Crippen LogP contribution < -0.4 is 10.6 Å². The first-order valence-corrected chi connectivity index (χ1v) is 7.77. The Balaban J connectivity index is 0. The average Bonchev–Trinajstić information content (AvgIpc) is 2.45. The first kappa shape index (κ1) is 23.2. The quantitative estimate of drug-likeness (QED) is 0.263. The SMILES string of the molecule is CC.CC(=O)NC(C)(C)/C=C/N/C(OCC(C)C)=C(\C=N)C=O. The molecular formula is C17H31N3O3. The van der Waals surface area contributed by atoms with Crippen LogP contribution in [0.15, 0.2) is 23.7 Å². The number of amides is 1. The number of carbonyl (C=O) groups is 2. The van der Waals surface area contributed by atoms with Crippen LogP contribution in [0.3, 0.4) is 0 Å². The summed E-state index contributed by atoms with van der Waals surface area (Å²) in [6.07, 6.45) is 4.81. The molecule has 6 nitrogen and oxygen atoms in total. The Labute approximate surface area is 139 Å². The minimum atomic E-state index is -0.534. The van der Waals surface area contributed by atoms with Gasteiger partial charge in [-0.3, -0.25) is 9.59 Å². The maximum atomic E-state index is 11.1. The summed E-state index contributed by atoms with van der Waals surface area (Å²) >= 11 is 0. The molecule has 0 atom stereocenters. The maximum Gasteiger partial charge on any atom is 0.217 e. The molecule has 1 amide bonds. The van der Waals surface area contributed by atoms with E-state index in [1.807, 2.05) is 41.5 Å². The summed E-state index contributed by atoms with van der Waals surface area (Å²) in [5.41, 5.74) is -0.411. The van der Waals surface area contributed by atoms with Crippen LogP contribution in [0.1, 0.15) is 48.5 Å². The Hall–Kier alpha value is -2.11. The molecule has 132 valence electrons. The van der Waals surface area contributed by atoms with Gasteiger partial charge in [-0.15, -0.1) is 0 Å². The molecule has 0 aromatic carbocycles. The van der Waals surface area contributed by atoms with Crippen LogP contribution in [-0.4, -0.2) is 30.6 Å². The molecule has 0 heterocycles. The minimum absolute atomic E-state index is 0.123. The summed E-state index contributed by atoms with van der Waals surface area (Å²) in [5.74, 6) is 0.383. The molecule has 0 fully saturated rings. The number of allylic oxidation sites excluding steroid dienone is 1. The van der Waals surface area contributed by atoms with Crippen molar-refractivity contribution in [1.82, 2.24) is 10.6 Å². The van der Waals surface area contributed by atoms with Crippen molar-refractivity contribution >= 4 is 18.4 Å². The molecule has 0 radical (unpaired) electrons. The summed E-state index contributed by atoms with van der Waals surface area (Å²) < 4.78 is 5.49. The second-order valence-electron chi connectivity index (χ2n) is 5.63. The van der Waals surface area contributed by atoms with E-state index in [9.17, 15) is 9.59 Å². The molecule has 0 aromatic rings. The Bertz CT molecular complexity index is 428. The normalized spacial score (nSPS) is 12.0. The number of hydrogen-bond acceptors (Lipinski definition) is 5. The lowest BCUT2D eigenvalue weighted by Gasteiger charge is -2.21. The zero-order valence-electron chi connectivity index (χ0n) is 15.3. The second-order valence-corrected chi connectivity index (χ2v) is 5.63. The second kappa shape index (κ2) is 12.4. The van der Waals surface area contributed by atoms with E-state index in [1.54, 1.807) is 12.3 Å². The van der Waals surface area contributed by atoms with Crippen LogP contribution in [0.4, 0.5) is 0 Å². The van der Waals surface area contributed by atoms with Crippen molar-refractivity contribution in [2.75, 3.05) is 6.61 Å². The van der Waals surface area contributed by atoms with Gasteiger partial charge < -0.3 is 20.8 Å². The maximum absolute atomic E-state index is 11.1. The third kappa shape index (κ3) is 12.1. The van der Waals surface area contributed by atoms with Crippen LogP contribution in [0.2, 0.25) is 0 Å². The fourth-order valence-electron chi connectivity index (χ4n) is 1.43. The molecule has 0 unspecified atom stereocenters. The summed E-state index contributed by atoms with van der Waals surface area (Å²) in [4.78, 5) is 22.0. The number of rotatable bonds is 9. The fraction of sp³-hybridized carbons (Fsp3) is 0.588. The van der Waals surface area contributed by atoms with Crippen LogP contribution in [0, 0.1) is 11.3 Å². The van der Waals surface area contributed by atoms with Crippen LogP contribution in [0.25, 0.3) is 0 Å². The van der Waals surface area contributed by atoms with Gasteiger partial charge >= 0.3 is 0 Å². The Morgan fingerprint density at radius 1 is 1.30 bits per heavy atom. The molecule has 0 aliphatic rings. The molecule has 0 aliphatic heterocycles. The third-order valence-corrected chi connectivity index (χ3v) is 2.32. The highest BCUT2D eigenvalue weighted by Gasteiger charge is 2.14. The number of carbonyl (C=O) groups excluding carboxylic acids is 2. The average molecular weight is 325 g/mol. The minimum Gasteiger partial charge on any atom is -0.478 e. The van der Waals surface area contributed by atoms with E-state index in [1.165, 1.54) is 6.92 Å². The van der Waals surface area contributed by atoms with Gasteiger partial charge in [0.15, 0.2) is 6.29 Å². The topological polar surface area (TPSA) is 91.3 Å². The molecule has 0 aromatic heterocycles. The first-order valence-electron chi connectivity index (χ1n) is 7.77. The van der Waals surface area contributed by atoms with Crippen LogP contribution in [-0.2, 0) is 14.3 Å². The Kier molecular flexibility index (Phi) is 12.5. The predicted octanol–water partition coefficient (Wildman–Crippen LogP) is 2.76. The van der Waals surface area contributed by atoms with Gasteiger partial charge in [0.25, 0.3) is 0 Å². The van der Waals surface area contributed by atoms with Gasteiger partial charge in [0.05, 0.1) is 17.7 Å². The van der Waals surface area contributed by atoms with Gasteiger partial charge in [0.2, 0.25) is 11.8 Å². The van der Waals surface area contributed by atoms with E-state index in [-0.39, 0.29) is 17.4 Å². The van der Waals surface area contributed by atoms with E-state index >= 15 is 0 Å². The van der Waals surface area contributed by atoms with Crippen molar-refractivity contribution < 1.29 is 14.3 Å². The Morgan fingerprint density at radius 3 is 2.26 bits per heavy atom. The zero-order chi connectivity index (χ0) is 18.5. The molecule has 0 bridgehead atoms. The molecule has 23 heavy (non-hydrogen) atoms. The van der Waals surface area contributed by atoms with Gasteiger partial charge in [-0.1, -0.05) is 27.7 Å². The number of ether oxygens (including phenoxy) is 1. The predicted molar refractivity (Wildman–Crippen MR) is 94.2 cm³/mol. The summed E-state index contributed by atoms with van der Waals surface area (Å²) in [5, 5.41) is 12.8.